The van der Waals surface area contributed by atoms with Gasteiger partial charge in [-0.3, -0.25) is 0 Å². The molecule has 0 aliphatic rings. The Hall–Kier alpha value is -2.50. The Morgan fingerprint density at radius 2 is 1.89 bits per heavy atom. The van der Waals surface area contributed by atoms with Gasteiger partial charge in [0.2, 0.25) is 0 Å². The van der Waals surface area contributed by atoms with E-state index < -0.39 is 5.97 Å². The fourth-order valence-electron chi connectivity index (χ4n) is 1.56. The standard InChI is InChI=1S/C12H12N4O2/c1-8-14-15-9(2)16(8)13-7-10-5-3-4-6-11(10)12(17)18/h3-7H,1-2H3,(H,17,18). The molecular weight excluding hydrogens is 232 g/mol. The highest BCUT2D eigenvalue weighted by molar-refractivity contribution is 5.98. The molecule has 0 aliphatic heterocycles. The number of rotatable bonds is 3. The number of aromatic carboxylic acids is 1. The number of aryl methyl sites for hydroxylation is 2. The Morgan fingerprint density at radius 3 is 2.50 bits per heavy atom. The van der Waals surface area contributed by atoms with Crippen LogP contribution in [-0.2, 0) is 0 Å². The van der Waals surface area contributed by atoms with Gasteiger partial charge in [-0.05, 0) is 19.9 Å². The second-order valence-electron chi connectivity index (χ2n) is 3.74. The van der Waals surface area contributed by atoms with Crippen LogP contribution in [0.2, 0.25) is 0 Å². The van der Waals surface area contributed by atoms with Gasteiger partial charge in [0.1, 0.15) is 0 Å². The zero-order valence-electron chi connectivity index (χ0n) is 10.0. The van der Waals surface area contributed by atoms with E-state index in [-0.39, 0.29) is 5.56 Å². The molecule has 92 valence electrons. The number of carboxylic acids is 1. The maximum absolute atomic E-state index is 11.0. The lowest BCUT2D eigenvalue weighted by Gasteiger charge is -2.00. The van der Waals surface area contributed by atoms with Gasteiger partial charge in [-0.25, -0.2) is 9.47 Å². The van der Waals surface area contributed by atoms with Crippen molar-refractivity contribution in [3.05, 3.63) is 47.0 Å². The number of carbonyl (C=O) groups is 1. The van der Waals surface area contributed by atoms with E-state index in [0.29, 0.717) is 17.2 Å². The molecule has 0 fully saturated rings. The molecule has 0 saturated carbocycles. The zero-order chi connectivity index (χ0) is 13.1. The number of benzene rings is 1. The molecule has 0 bridgehead atoms. The molecule has 1 aromatic heterocycles. The number of nitrogens with zero attached hydrogens (tertiary/aromatic N) is 4. The molecule has 18 heavy (non-hydrogen) atoms. The third-order valence-corrected chi connectivity index (χ3v) is 2.46. The molecule has 1 N–H and O–H groups in total. The zero-order valence-corrected chi connectivity index (χ0v) is 10.0. The quantitative estimate of drug-likeness (QED) is 0.829. The van der Waals surface area contributed by atoms with Crippen molar-refractivity contribution >= 4 is 12.2 Å². The van der Waals surface area contributed by atoms with E-state index in [2.05, 4.69) is 15.3 Å². The molecule has 0 radical (unpaired) electrons. The lowest BCUT2D eigenvalue weighted by Crippen LogP contribution is -2.03. The summed E-state index contributed by atoms with van der Waals surface area (Å²) in [6.07, 6.45) is 1.49. The molecule has 1 aromatic carbocycles. The van der Waals surface area contributed by atoms with Crippen molar-refractivity contribution in [2.24, 2.45) is 5.10 Å². The Labute approximate surface area is 104 Å². The van der Waals surface area contributed by atoms with Crippen LogP contribution in [-0.4, -0.2) is 32.2 Å². The van der Waals surface area contributed by atoms with E-state index >= 15 is 0 Å². The predicted octanol–water partition coefficient (Wildman–Crippen LogP) is 1.48. The first-order valence-electron chi connectivity index (χ1n) is 5.35. The van der Waals surface area contributed by atoms with E-state index in [1.165, 1.54) is 12.3 Å². The highest BCUT2D eigenvalue weighted by Gasteiger charge is 2.07. The summed E-state index contributed by atoms with van der Waals surface area (Å²) in [6.45, 7) is 3.56. The lowest BCUT2D eigenvalue weighted by molar-refractivity contribution is 0.0697. The Morgan fingerprint density at radius 1 is 1.28 bits per heavy atom. The van der Waals surface area contributed by atoms with Crippen LogP contribution in [0.3, 0.4) is 0 Å². The van der Waals surface area contributed by atoms with E-state index in [1.807, 2.05) is 0 Å². The van der Waals surface area contributed by atoms with Gasteiger partial charge in [-0.15, -0.1) is 10.2 Å². The van der Waals surface area contributed by atoms with Crippen LogP contribution in [0, 0.1) is 13.8 Å². The Kier molecular flexibility index (Phi) is 3.18. The highest BCUT2D eigenvalue weighted by Crippen LogP contribution is 2.07. The molecule has 2 rings (SSSR count). The van der Waals surface area contributed by atoms with Gasteiger partial charge < -0.3 is 5.11 Å². The van der Waals surface area contributed by atoms with Crippen LogP contribution in [0.5, 0.6) is 0 Å². The molecule has 0 spiro atoms. The van der Waals surface area contributed by atoms with Crippen LogP contribution < -0.4 is 0 Å². The summed E-state index contributed by atoms with van der Waals surface area (Å²) in [5.41, 5.74) is 0.752. The SMILES string of the molecule is Cc1nnc(C)n1N=Cc1ccccc1C(=O)O. The Bertz CT molecular complexity index is 597. The third kappa shape index (κ3) is 2.27. The maximum atomic E-state index is 11.0. The summed E-state index contributed by atoms with van der Waals surface area (Å²) in [4.78, 5) is 11.0. The van der Waals surface area contributed by atoms with E-state index in [4.69, 9.17) is 5.11 Å². The molecule has 6 nitrogen and oxygen atoms in total. The first kappa shape index (κ1) is 12.0. The van der Waals surface area contributed by atoms with Crippen molar-refractivity contribution in [1.82, 2.24) is 14.9 Å². The van der Waals surface area contributed by atoms with Gasteiger partial charge in [0.05, 0.1) is 11.8 Å². The fourth-order valence-corrected chi connectivity index (χ4v) is 1.56. The normalized spacial score (nSPS) is 11.0. The van der Waals surface area contributed by atoms with Crippen LogP contribution in [0.4, 0.5) is 0 Å². The molecule has 0 aliphatic carbocycles. The van der Waals surface area contributed by atoms with Crippen molar-refractivity contribution < 1.29 is 9.90 Å². The third-order valence-electron chi connectivity index (χ3n) is 2.46. The van der Waals surface area contributed by atoms with Crippen molar-refractivity contribution in [3.63, 3.8) is 0 Å². The molecule has 0 atom stereocenters. The van der Waals surface area contributed by atoms with Crippen LogP contribution in [0.25, 0.3) is 0 Å². The van der Waals surface area contributed by atoms with E-state index in [9.17, 15) is 4.79 Å². The first-order valence-corrected chi connectivity index (χ1v) is 5.35. The predicted molar refractivity (Wildman–Crippen MR) is 65.9 cm³/mol. The summed E-state index contributed by atoms with van der Waals surface area (Å²) in [5, 5.41) is 21.0. The van der Waals surface area contributed by atoms with Crippen LogP contribution in [0.15, 0.2) is 29.4 Å². The topological polar surface area (TPSA) is 80.4 Å². The van der Waals surface area contributed by atoms with E-state index in [0.717, 1.165) is 0 Å². The van der Waals surface area contributed by atoms with Gasteiger partial charge >= 0.3 is 5.97 Å². The molecule has 0 saturated heterocycles. The summed E-state index contributed by atoms with van der Waals surface area (Å²) >= 11 is 0. The summed E-state index contributed by atoms with van der Waals surface area (Å²) in [5.74, 6) is 0.322. The molecule has 2 aromatic rings. The van der Waals surface area contributed by atoms with Crippen molar-refractivity contribution in [2.75, 3.05) is 0 Å². The monoisotopic (exact) mass is 244 g/mol. The Balaban J connectivity index is 2.38. The summed E-state index contributed by atoms with van der Waals surface area (Å²) in [7, 11) is 0. The summed E-state index contributed by atoms with van der Waals surface area (Å²) in [6, 6.07) is 6.67. The van der Waals surface area contributed by atoms with Crippen molar-refractivity contribution in [3.8, 4) is 0 Å². The smallest absolute Gasteiger partial charge is 0.336 e. The highest BCUT2D eigenvalue weighted by atomic mass is 16.4. The maximum Gasteiger partial charge on any atom is 0.336 e. The minimum Gasteiger partial charge on any atom is -0.478 e. The second-order valence-corrected chi connectivity index (χ2v) is 3.74. The summed E-state index contributed by atoms with van der Waals surface area (Å²) < 4.78 is 1.55. The number of hydrogen-bond donors (Lipinski definition) is 1. The molecule has 6 heteroatoms. The minimum atomic E-state index is -0.978. The van der Waals surface area contributed by atoms with Crippen LogP contribution in [0.1, 0.15) is 27.6 Å². The average Bonchev–Trinajstić information content (AvgIpc) is 2.67. The van der Waals surface area contributed by atoms with Gasteiger partial charge in [-0.1, -0.05) is 18.2 Å². The van der Waals surface area contributed by atoms with Crippen molar-refractivity contribution in [1.29, 1.82) is 0 Å². The van der Waals surface area contributed by atoms with Gasteiger partial charge in [0.25, 0.3) is 0 Å². The first-order chi connectivity index (χ1) is 8.59. The molecular formula is C12H12N4O2. The second kappa shape index (κ2) is 4.79. The fraction of sp³-hybridized carbons (Fsp3) is 0.167. The number of aromatic nitrogens is 3. The van der Waals surface area contributed by atoms with Gasteiger partial charge in [0, 0.05) is 5.56 Å². The van der Waals surface area contributed by atoms with Crippen LogP contribution >= 0.6 is 0 Å². The largest absolute Gasteiger partial charge is 0.478 e. The van der Waals surface area contributed by atoms with Gasteiger partial charge in [0.15, 0.2) is 11.6 Å². The molecule has 0 amide bonds. The number of hydrogen-bond acceptors (Lipinski definition) is 4. The average molecular weight is 244 g/mol. The number of carboxylic acid groups (broad SMARTS) is 1. The molecule has 0 unspecified atom stereocenters. The van der Waals surface area contributed by atoms with E-state index in [1.54, 1.807) is 36.7 Å². The lowest BCUT2D eigenvalue weighted by atomic mass is 10.1. The minimum absolute atomic E-state index is 0.213. The van der Waals surface area contributed by atoms with Gasteiger partial charge in [-0.2, -0.15) is 5.10 Å². The van der Waals surface area contributed by atoms with Crippen molar-refractivity contribution in [2.45, 2.75) is 13.8 Å². The molecule has 1 heterocycles.